The average molecular weight is 440 g/mol. The molecule has 0 aliphatic carbocycles. The number of nitrogens with zero attached hydrogens (tertiary/aromatic N) is 1. The van der Waals surface area contributed by atoms with E-state index in [9.17, 15) is 13.2 Å². The van der Waals surface area contributed by atoms with E-state index in [2.05, 4.69) is 0 Å². The zero-order chi connectivity index (χ0) is 21.2. The monoisotopic (exact) mass is 439 g/mol. The van der Waals surface area contributed by atoms with Crippen LogP contribution in [0.5, 0.6) is 0 Å². The Hall–Kier alpha value is -1.96. The number of amides is 1. The highest BCUT2D eigenvalue weighted by Crippen LogP contribution is 2.29. The molecular formula is C21H23ClFNO4S. The largest absolute Gasteiger partial charge is 0.338 e. The smallest absolute Gasteiger partial charge is 0.297 e. The van der Waals surface area contributed by atoms with E-state index in [0.29, 0.717) is 10.6 Å². The van der Waals surface area contributed by atoms with E-state index < -0.39 is 22.4 Å². The molecule has 8 heteroatoms. The van der Waals surface area contributed by atoms with Crippen molar-refractivity contribution >= 4 is 27.6 Å². The summed E-state index contributed by atoms with van der Waals surface area (Å²) in [4.78, 5) is 14.2. The standard InChI is InChI=1S/C21H23ClFNO4S/c1-15-3-7-18(8-4-15)29(26,27)28-14-21(23)9-11-24(12-10-21)20(25)17-6-5-16(2)19(22)13-17/h3-8,13H,9-12,14H2,1-2H3. The van der Waals surface area contributed by atoms with Gasteiger partial charge in [-0.2, -0.15) is 8.42 Å². The van der Waals surface area contributed by atoms with Crippen LogP contribution in [-0.4, -0.2) is 44.6 Å². The van der Waals surface area contributed by atoms with E-state index in [1.165, 1.54) is 12.1 Å². The van der Waals surface area contributed by atoms with Gasteiger partial charge >= 0.3 is 0 Å². The van der Waals surface area contributed by atoms with Crippen LogP contribution in [0.1, 0.15) is 34.3 Å². The number of carbonyl (C=O) groups excluding carboxylic acids is 1. The Kier molecular flexibility index (Phi) is 6.31. The first-order chi connectivity index (χ1) is 13.6. The molecule has 156 valence electrons. The molecule has 5 nitrogen and oxygen atoms in total. The van der Waals surface area contributed by atoms with Gasteiger partial charge in [0, 0.05) is 36.5 Å². The van der Waals surface area contributed by atoms with Crippen molar-refractivity contribution in [1.82, 2.24) is 4.90 Å². The SMILES string of the molecule is Cc1ccc(S(=O)(=O)OCC2(F)CCN(C(=O)c3ccc(C)c(Cl)c3)CC2)cc1. The van der Waals surface area contributed by atoms with Crippen molar-refractivity contribution in [2.75, 3.05) is 19.7 Å². The van der Waals surface area contributed by atoms with Gasteiger partial charge in [-0.3, -0.25) is 8.98 Å². The summed E-state index contributed by atoms with van der Waals surface area (Å²) < 4.78 is 44.6. The van der Waals surface area contributed by atoms with Crippen molar-refractivity contribution in [3.05, 3.63) is 64.2 Å². The van der Waals surface area contributed by atoms with Crippen molar-refractivity contribution in [3.8, 4) is 0 Å². The fourth-order valence-electron chi connectivity index (χ4n) is 3.12. The molecule has 0 spiro atoms. The van der Waals surface area contributed by atoms with Gasteiger partial charge in [0.1, 0.15) is 12.3 Å². The lowest BCUT2D eigenvalue weighted by atomic mass is 9.94. The Balaban J connectivity index is 1.59. The lowest BCUT2D eigenvalue weighted by Crippen LogP contribution is -2.46. The van der Waals surface area contributed by atoms with Gasteiger partial charge in [-0.15, -0.1) is 0 Å². The second-order valence-electron chi connectivity index (χ2n) is 7.44. The predicted octanol–water partition coefficient (Wildman–Crippen LogP) is 4.31. The summed E-state index contributed by atoms with van der Waals surface area (Å²) in [7, 11) is -4.03. The molecule has 0 aromatic heterocycles. The number of likely N-dealkylation sites (tertiary alicyclic amines) is 1. The van der Waals surface area contributed by atoms with Crippen LogP contribution in [0.2, 0.25) is 5.02 Å². The molecule has 1 saturated heterocycles. The molecule has 0 radical (unpaired) electrons. The van der Waals surface area contributed by atoms with Crippen molar-refractivity contribution in [2.45, 2.75) is 37.3 Å². The summed E-state index contributed by atoms with van der Waals surface area (Å²) in [5.41, 5.74) is 0.430. The molecule has 1 fully saturated rings. The molecule has 1 aliphatic heterocycles. The summed E-state index contributed by atoms with van der Waals surface area (Å²) >= 11 is 6.08. The van der Waals surface area contributed by atoms with Gasteiger partial charge in [0.2, 0.25) is 0 Å². The first-order valence-electron chi connectivity index (χ1n) is 9.30. The Bertz CT molecular complexity index is 1000. The van der Waals surface area contributed by atoms with Gasteiger partial charge < -0.3 is 4.90 Å². The Labute approximate surface area is 175 Å². The van der Waals surface area contributed by atoms with Crippen molar-refractivity contribution in [2.24, 2.45) is 0 Å². The first-order valence-corrected chi connectivity index (χ1v) is 11.1. The Morgan fingerprint density at radius 2 is 1.76 bits per heavy atom. The lowest BCUT2D eigenvalue weighted by Gasteiger charge is -2.36. The molecule has 0 atom stereocenters. The molecule has 2 aromatic rings. The number of carbonyl (C=O) groups is 1. The number of benzene rings is 2. The number of hydrogen-bond donors (Lipinski definition) is 0. The van der Waals surface area contributed by atoms with Crippen LogP contribution in [0, 0.1) is 13.8 Å². The third-order valence-corrected chi connectivity index (χ3v) is 6.83. The van der Waals surface area contributed by atoms with Gasteiger partial charge in [0.15, 0.2) is 0 Å². The molecule has 0 bridgehead atoms. The van der Waals surface area contributed by atoms with E-state index in [1.54, 1.807) is 35.2 Å². The van der Waals surface area contributed by atoms with Crippen LogP contribution in [0.3, 0.4) is 0 Å². The van der Waals surface area contributed by atoms with Crippen LogP contribution in [0.15, 0.2) is 47.4 Å². The molecule has 1 amide bonds. The minimum Gasteiger partial charge on any atom is -0.338 e. The highest BCUT2D eigenvalue weighted by Gasteiger charge is 2.38. The maximum Gasteiger partial charge on any atom is 0.297 e. The summed E-state index contributed by atoms with van der Waals surface area (Å²) in [6, 6.07) is 11.2. The van der Waals surface area contributed by atoms with Crippen molar-refractivity contribution in [3.63, 3.8) is 0 Å². The topological polar surface area (TPSA) is 63.7 Å². The summed E-state index contributed by atoms with van der Waals surface area (Å²) in [6.45, 7) is 3.47. The summed E-state index contributed by atoms with van der Waals surface area (Å²) in [5, 5.41) is 0.502. The summed E-state index contributed by atoms with van der Waals surface area (Å²) in [6.07, 6.45) is 0.00347. The third kappa shape index (κ3) is 5.15. The molecule has 3 rings (SSSR count). The third-order valence-electron chi connectivity index (χ3n) is 5.15. The van der Waals surface area contributed by atoms with Crippen LogP contribution >= 0.6 is 11.6 Å². The number of aryl methyl sites for hydroxylation is 2. The molecule has 0 saturated carbocycles. The van der Waals surface area contributed by atoms with Gasteiger partial charge in [0.05, 0.1) is 4.90 Å². The molecule has 0 N–H and O–H groups in total. The van der Waals surface area contributed by atoms with E-state index >= 15 is 4.39 Å². The zero-order valence-corrected chi connectivity index (χ0v) is 17.9. The summed E-state index contributed by atoms with van der Waals surface area (Å²) in [5.74, 6) is -0.220. The number of alkyl halides is 1. The fourth-order valence-corrected chi connectivity index (χ4v) is 4.27. The second-order valence-corrected chi connectivity index (χ2v) is 9.46. The minimum atomic E-state index is -4.03. The molecule has 1 heterocycles. The quantitative estimate of drug-likeness (QED) is 0.651. The van der Waals surface area contributed by atoms with E-state index in [0.717, 1.165) is 11.1 Å². The van der Waals surface area contributed by atoms with Crippen molar-refractivity contribution in [1.29, 1.82) is 0 Å². The normalized spacial score (nSPS) is 16.6. The maximum atomic E-state index is 15.1. The van der Waals surface area contributed by atoms with Gasteiger partial charge in [-0.05, 0) is 43.7 Å². The van der Waals surface area contributed by atoms with Gasteiger partial charge in [-0.1, -0.05) is 35.4 Å². The van der Waals surface area contributed by atoms with Crippen LogP contribution < -0.4 is 0 Å². The van der Waals surface area contributed by atoms with Crippen LogP contribution in [0.25, 0.3) is 0 Å². The fraction of sp³-hybridized carbons (Fsp3) is 0.381. The van der Waals surface area contributed by atoms with E-state index in [4.69, 9.17) is 15.8 Å². The maximum absolute atomic E-state index is 15.1. The van der Waals surface area contributed by atoms with Crippen molar-refractivity contribution < 1.29 is 21.8 Å². The molecule has 29 heavy (non-hydrogen) atoms. The zero-order valence-electron chi connectivity index (χ0n) is 16.3. The highest BCUT2D eigenvalue weighted by molar-refractivity contribution is 7.86. The molecule has 0 unspecified atom stereocenters. The molecular weight excluding hydrogens is 417 g/mol. The van der Waals surface area contributed by atoms with E-state index in [1.807, 2.05) is 13.8 Å². The van der Waals surface area contributed by atoms with E-state index in [-0.39, 0.29) is 36.7 Å². The lowest BCUT2D eigenvalue weighted by molar-refractivity contribution is 0.0186. The molecule has 2 aromatic carbocycles. The Morgan fingerprint density at radius 1 is 1.14 bits per heavy atom. The second kappa shape index (κ2) is 8.42. The predicted molar refractivity (Wildman–Crippen MR) is 109 cm³/mol. The number of piperidine rings is 1. The first kappa shape index (κ1) is 21.7. The minimum absolute atomic E-state index is 0.00174. The van der Waals surface area contributed by atoms with Crippen LogP contribution in [0.4, 0.5) is 4.39 Å². The number of hydrogen-bond acceptors (Lipinski definition) is 4. The highest BCUT2D eigenvalue weighted by atomic mass is 35.5. The number of halogens is 2. The number of rotatable bonds is 5. The average Bonchev–Trinajstić information content (AvgIpc) is 2.69. The van der Waals surface area contributed by atoms with Gasteiger partial charge in [0.25, 0.3) is 16.0 Å². The van der Waals surface area contributed by atoms with Gasteiger partial charge in [-0.25, -0.2) is 4.39 Å². The van der Waals surface area contributed by atoms with Crippen LogP contribution in [-0.2, 0) is 14.3 Å². The molecule has 1 aliphatic rings. The Morgan fingerprint density at radius 3 is 2.34 bits per heavy atom.